The number of ether oxygens (including phenoxy) is 2. The number of aromatic nitrogens is 7. The molecule has 0 radical (unpaired) electrons. The molecular weight excluding hydrogens is 658 g/mol. The van der Waals surface area contributed by atoms with E-state index in [1.165, 1.54) is 28.0 Å². The summed E-state index contributed by atoms with van der Waals surface area (Å²) < 4.78 is 75.1. The number of aliphatic hydroxyl groups is 1. The Hall–Kier alpha value is -2.87. The monoisotopic (exact) mass is 685 g/mol. The molecule has 6 N–H and O–H groups in total. The third-order valence-electron chi connectivity index (χ3n) is 7.93. The number of hydrogen-bond acceptors (Lipinski definition) is 15. The number of nitrogens with one attached hydrogen (secondary N) is 1. The van der Waals surface area contributed by atoms with Gasteiger partial charge in [0.2, 0.25) is 5.95 Å². The van der Waals surface area contributed by atoms with E-state index in [0.29, 0.717) is 11.2 Å². The number of aromatic amines is 1. The second kappa shape index (κ2) is 11.1. The van der Waals surface area contributed by atoms with Crippen molar-refractivity contribution in [2.45, 2.75) is 43.0 Å². The van der Waals surface area contributed by atoms with Crippen molar-refractivity contribution in [1.82, 2.24) is 34.1 Å². The lowest BCUT2D eigenvalue weighted by Crippen LogP contribution is -2.34. The first-order valence-corrected chi connectivity index (χ1v) is 18.6. The zero-order valence-electron chi connectivity index (χ0n) is 23.3. The van der Waals surface area contributed by atoms with E-state index < -0.39 is 81.8 Å². The number of anilines is 2. The minimum Gasteiger partial charge on any atom is -0.397 e. The van der Waals surface area contributed by atoms with Crippen molar-refractivity contribution in [2.24, 2.45) is 5.92 Å². The van der Waals surface area contributed by atoms with Gasteiger partial charge in [0, 0.05) is 18.3 Å². The fourth-order valence-electron chi connectivity index (χ4n) is 5.83. The lowest BCUT2D eigenvalue weighted by atomic mass is 10.0. The van der Waals surface area contributed by atoms with Crippen molar-refractivity contribution in [2.75, 3.05) is 30.8 Å². The highest BCUT2D eigenvalue weighted by atomic mass is 32.7. The highest BCUT2D eigenvalue weighted by Gasteiger charge is 2.53. The van der Waals surface area contributed by atoms with Crippen LogP contribution < -0.4 is 17.0 Å². The Morgan fingerprint density at radius 1 is 1.04 bits per heavy atom. The number of fused-ring (bicyclic) bond motifs is 5. The summed E-state index contributed by atoms with van der Waals surface area (Å²) in [6.07, 6.45) is -5.93. The predicted molar refractivity (Wildman–Crippen MR) is 161 cm³/mol. The maximum Gasteiger partial charge on any atom is 0.280 e. The standard InChI is InChI=1S/C22H27BFN9O9P2S/c23-44(37)39-3-10-15(34)8(20(40-10)33-7-29-14-18(33)30-22(26)31-19(14)35)5-43(36,45)38-4-11-16(42-44)12(24)21(41-11)32-6-28-13-9(25)1-2-27-17(13)32/h1-2,6-8,10-12,15-16,20-21,34H,3-5,23H2,(H2,25,27)(H,36,45)(H3,26,30,31,35)/t8-,10-,11-,12-,15+,16-,20-,21-,43?,44?/m1/s1. The van der Waals surface area contributed by atoms with Gasteiger partial charge in [0.05, 0.1) is 37.7 Å². The lowest BCUT2D eigenvalue weighted by molar-refractivity contribution is -0.0483. The summed E-state index contributed by atoms with van der Waals surface area (Å²) in [7, 11) is -2.91. The molecule has 10 atom stereocenters. The Morgan fingerprint density at radius 2 is 1.73 bits per heavy atom. The number of alkyl halides is 1. The molecule has 0 saturated carbocycles. The summed E-state index contributed by atoms with van der Waals surface area (Å²) in [5.74, 6) is -1.16. The Kier molecular flexibility index (Phi) is 7.62. The highest BCUT2D eigenvalue weighted by molar-refractivity contribution is 8.46. The molecule has 3 aliphatic rings. The minimum atomic E-state index is -4.05. The van der Waals surface area contributed by atoms with Crippen LogP contribution in [0, 0.1) is 5.92 Å². The molecule has 240 valence electrons. The minimum absolute atomic E-state index is 0.0461. The van der Waals surface area contributed by atoms with Crippen molar-refractivity contribution in [3.8, 4) is 0 Å². The summed E-state index contributed by atoms with van der Waals surface area (Å²) in [6.45, 7) is -4.85. The van der Waals surface area contributed by atoms with Gasteiger partial charge in [-0.2, -0.15) is 4.98 Å². The van der Waals surface area contributed by atoms with Crippen molar-refractivity contribution in [3.63, 3.8) is 0 Å². The zero-order valence-corrected chi connectivity index (χ0v) is 26.0. The van der Waals surface area contributed by atoms with Crippen LogP contribution in [0.2, 0.25) is 0 Å². The van der Waals surface area contributed by atoms with Crippen molar-refractivity contribution < 1.29 is 41.7 Å². The van der Waals surface area contributed by atoms with E-state index in [1.54, 1.807) is 6.07 Å². The van der Waals surface area contributed by atoms with E-state index in [1.807, 2.05) is 0 Å². The summed E-state index contributed by atoms with van der Waals surface area (Å²) in [5, 5.41) is 11.3. The largest absolute Gasteiger partial charge is 0.397 e. The summed E-state index contributed by atoms with van der Waals surface area (Å²) >= 11 is 4.29. The lowest BCUT2D eigenvalue weighted by Gasteiger charge is -2.26. The summed E-state index contributed by atoms with van der Waals surface area (Å²) in [4.78, 5) is 31.4. The number of pyridine rings is 1. The predicted octanol–water partition coefficient (Wildman–Crippen LogP) is 0.135. The van der Waals surface area contributed by atoms with Crippen molar-refractivity contribution in [3.05, 3.63) is 35.3 Å². The first-order valence-electron chi connectivity index (χ1n) is 13.6. The van der Waals surface area contributed by atoms with Crippen LogP contribution in [0.25, 0.3) is 22.3 Å². The Bertz CT molecular complexity index is 1950. The Balaban J connectivity index is 1.21. The number of H-pyrrole nitrogens is 1. The van der Waals surface area contributed by atoms with Gasteiger partial charge < -0.3 is 39.6 Å². The number of nitrogens with zero attached hydrogens (tertiary/aromatic N) is 6. The molecule has 2 unspecified atom stereocenters. The van der Waals surface area contributed by atoms with Crippen LogP contribution in [0.3, 0.4) is 0 Å². The normalized spacial score (nSPS) is 37.7. The van der Waals surface area contributed by atoms with Crippen molar-refractivity contribution >= 4 is 67.8 Å². The smallest absolute Gasteiger partial charge is 0.280 e. The third kappa shape index (κ3) is 5.49. The SMILES string of the molecule is BP1(=O)OC[C@H]2O[C@@H](n3cnc4c(=O)[nH]c(N)nc43)[C@H](CP(=O)(S)OC[C@H]3O[C@@H](n4cnc5c(N)ccnc54)[C@H](F)[C@@H]3O1)[C@@H]2O. The fourth-order valence-corrected chi connectivity index (χ4v) is 9.18. The second-order valence-corrected chi connectivity index (χ2v) is 16.7. The van der Waals surface area contributed by atoms with Gasteiger partial charge in [0.15, 0.2) is 29.2 Å². The van der Waals surface area contributed by atoms with Crippen LogP contribution in [-0.4, -0.2) is 96.7 Å². The molecule has 4 aromatic heterocycles. The van der Waals surface area contributed by atoms with Crippen LogP contribution in [0.15, 0.2) is 29.7 Å². The number of imidazole rings is 2. The number of nitrogens with two attached hydrogens (primary N) is 2. The highest BCUT2D eigenvalue weighted by Crippen LogP contribution is 2.58. The molecule has 3 saturated heterocycles. The van der Waals surface area contributed by atoms with Crippen molar-refractivity contribution in [1.29, 1.82) is 0 Å². The topological polar surface area (TPSA) is 247 Å². The molecule has 4 aromatic rings. The van der Waals surface area contributed by atoms with Gasteiger partial charge in [-0.1, -0.05) is 12.2 Å². The van der Waals surface area contributed by atoms with Crippen LogP contribution >= 0.6 is 26.3 Å². The number of halogens is 1. The second-order valence-electron chi connectivity index (χ2n) is 11.0. The molecule has 3 fully saturated rings. The van der Waals surface area contributed by atoms with Gasteiger partial charge in [-0.25, -0.2) is 19.3 Å². The third-order valence-corrected chi connectivity index (χ3v) is 11.4. The van der Waals surface area contributed by atoms with Crippen LogP contribution in [0.5, 0.6) is 0 Å². The van der Waals surface area contributed by atoms with Crippen LogP contribution in [0.1, 0.15) is 12.5 Å². The maximum atomic E-state index is 16.1. The Morgan fingerprint density at radius 3 is 2.51 bits per heavy atom. The average molecular weight is 685 g/mol. The zero-order chi connectivity index (χ0) is 31.8. The van der Waals surface area contributed by atoms with Gasteiger partial charge in [-0.3, -0.25) is 28.0 Å². The van der Waals surface area contributed by atoms with E-state index in [0.717, 1.165) is 7.57 Å². The first-order chi connectivity index (χ1) is 21.3. The molecule has 18 nitrogen and oxygen atoms in total. The molecule has 45 heavy (non-hydrogen) atoms. The number of rotatable bonds is 2. The molecule has 0 aliphatic carbocycles. The van der Waals surface area contributed by atoms with Gasteiger partial charge in [-0.05, 0) is 6.07 Å². The summed E-state index contributed by atoms with van der Waals surface area (Å²) in [5.41, 5.74) is 12.0. The van der Waals surface area contributed by atoms with Gasteiger partial charge in [0.1, 0.15) is 30.1 Å². The van der Waals surface area contributed by atoms with E-state index >= 15 is 4.39 Å². The molecule has 3 aliphatic heterocycles. The van der Waals surface area contributed by atoms with E-state index in [2.05, 4.69) is 37.2 Å². The molecule has 7 rings (SSSR count). The Labute approximate surface area is 258 Å². The number of nitrogen functional groups attached to an aromatic ring is 2. The van der Waals surface area contributed by atoms with Crippen LogP contribution in [0.4, 0.5) is 16.0 Å². The molecule has 2 bridgehead atoms. The van der Waals surface area contributed by atoms with E-state index in [4.69, 9.17) is 34.5 Å². The molecule has 0 spiro atoms. The number of thiol groups is 1. The molecule has 7 heterocycles. The van der Waals surface area contributed by atoms with Gasteiger partial charge in [-0.15, -0.1) is 0 Å². The molecular formula is C22H27BFN9O9P2S. The van der Waals surface area contributed by atoms with E-state index in [9.17, 15) is 19.0 Å². The average Bonchev–Trinajstić information content (AvgIpc) is 3.72. The number of aliphatic hydroxyl groups excluding tert-OH is 1. The van der Waals surface area contributed by atoms with Crippen LogP contribution in [-0.2, 0) is 32.2 Å². The quantitative estimate of drug-likeness (QED) is 0.107. The number of hydrogen-bond donors (Lipinski definition) is 5. The van der Waals surface area contributed by atoms with Gasteiger partial charge >= 0.3 is 0 Å². The molecule has 23 heteroatoms. The first kappa shape index (κ1) is 30.8. The maximum absolute atomic E-state index is 16.1. The molecule has 0 aromatic carbocycles. The summed E-state index contributed by atoms with van der Waals surface area (Å²) in [6, 6.07) is 1.54. The van der Waals surface area contributed by atoms with E-state index in [-0.39, 0.29) is 28.9 Å². The fraction of sp³-hybridized carbons (Fsp3) is 0.500. The van der Waals surface area contributed by atoms with Gasteiger partial charge in [0.25, 0.3) is 27.2 Å². The molecule has 0 amide bonds.